The van der Waals surface area contributed by atoms with Crippen molar-refractivity contribution < 1.29 is 0 Å². The van der Waals surface area contributed by atoms with E-state index in [4.69, 9.17) is 0 Å². The van der Waals surface area contributed by atoms with Crippen molar-refractivity contribution >= 4 is 23.7 Å². The molecule has 0 atom stereocenters. The molecule has 0 spiro atoms. The predicted octanol–water partition coefficient (Wildman–Crippen LogP) is 2.89. The van der Waals surface area contributed by atoms with E-state index in [1.54, 1.807) is 0 Å². The molecule has 0 saturated heterocycles. The molecule has 6 heteroatoms. The number of hydrogen-bond acceptors (Lipinski definition) is 6. The summed E-state index contributed by atoms with van der Waals surface area (Å²) < 4.78 is 0. The van der Waals surface area contributed by atoms with E-state index in [1.807, 2.05) is 44.2 Å². The van der Waals surface area contributed by atoms with Crippen LogP contribution in [0.3, 0.4) is 0 Å². The van der Waals surface area contributed by atoms with E-state index in [0.29, 0.717) is 17.1 Å². The summed E-state index contributed by atoms with van der Waals surface area (Å²) in [6.45, 7) is 5.59. The van der Waals surface area contributed by atoms with Gasteiger partial charge >= 0.3 is 0 Å². The van der Waals surface area contributed by atoms with E-state index in [9.17, 15) is 0 Å². The van der Waals surface area contributed by atoms with Crippen LogP contribution in [0.15, 0.2) is 40.4 Å². The molecule has 0 aliphatic heterocycles. The molecule has 2 rings (SSSR count). The van der Waals surface area contributed by atoms with Crippen LogP contribution >= 0.6 is 11.8 Å². The zero-order valence-corrected chi connectivity index (χ0v) is 11.9. The number of benzene rings is 1. The molecule has 0 radical (unpaired) electrons. The number of anilines is 2. The van der Waals surface area contributed by atoms with Crippen molar-refractivity contribution in [3.8, 4) is 0 Å². The molecule has 100 valence electrons. The molecule has 1 aromatic heterocycles. The Morgan fingerprint density at radius 1 is 0.895 bits per heavy atom. The first-order chi connectivity index (χ1) is 9.31. The van der Waals surface area contributed by atoms with Gasteiger partial charge in [-0.15, -0.1) is 0 Å². The summed E-state index contributed by atoms with van der Waals surface area (Å²) in [5, 5.41) is 6.92. The lowest BCUT2D eigenvalue weighted by atomic mass is 10.4. The molecule has 0 aliphatic carbocycles. The van der Waals surface area contributed by atoms with Crippen LogP contribution in [0.2, 0.25) is 0 Å². The van der Waals surface area contributed by atoms with Crippen molar-refractivity contribution in [2.24, 2.45) is 0 Å². The van der Waals surface area contributed by atoms with Gasteiger partial charge in [-0.2, -0.15) is 15.0 Å². The van der Waals surface area contributed by atoms with Crippen LogP contribution in [0.5, 0.6) is 0 Å². The first-order valence-corrected chi connectivity index (χ1v) is 7.10. The van der Waals surface area contributed by atoms with E-state index in [1.165, 1.54) is 11.8 Å². The zero-order valence-electron chi connectivity index (χ0n) is 11.1. The highest BCUT2D eigenvalue weighted by Crippen LogP contribution is 2.25. The van der Waals surface area contributed by atoms with Gasteiger partial charge in [-0.25, -0.2) is 0 Å². The second-order valence-corrected chi connectivity index (χ2v) is 4.78. The average Bonchev–Trinajstić information content (AvgIpc) is 2.40. The molecular weight excluding hydrogens is 258 g/mol. The molecular formula is C13H17N5S. The summed E-state index contributed by atoms with van der Waals surface area (Å²) in [4.78, 5) is 14.2. The van der Waals surface area contributed by atoms with E-state index in [-0.39, 0.29) is 0 Å². The van der Waals surface area contributed by atoms with Crippen molar-refractivity contribution in [2.45, 2.75) is 23.9 Å². The molecule has 2 aromatic rings. The first-order valence-electron chi connectivity index (χ1n) is 6.28. The lowest BCUT2D eigenvalue weighted by molar-refractivity contribution is 0.894. The molecule has 0 saturated carbocycles. The molecule has 0 fully saturated rings. The Bertz CT molecular complexity index is 493. The SMILES string of the molecule is CCNc1nc(NCC)nc(Sc2ccccc2)n1. The summed E-state index contributed by atoms with van der Waals surface area (Å²) in [7, 11) is 0. The third kappa shape index (κ3) is 4.10. The molecule has 0 bridgehead atoms. The number of hydrogen-bond donors (Lipinski definition) is 2. The van der Waals surface area contributed by atoms with Gasteiger partial charge in [-0.1, -0.05) is 18.2 Å². The van der Waals surface area contributed by atoms with Gasteiger partial charge in [0.25, 0.3) is 0 Å². The molecule has 0 unspecified atom stereocenters. The van der Waals surface area contributed by atoms with E-state index in [0.717, 1.165) is 18.0 Å². The minimum absolute atomic E-state index is 0.604. The van der Waals surface area contributed by atoms with Crippen LogP contribution in [0.4, 0.5) is 11.9 Å². The van der Waals surface area contributed by atoms with Crippen LogP contribution in [0.25, 0.3) is 0 Å². The predicted molar refractivity (Wildman–Crippen MR) is 78.7 cm³/mol. The first kappa shape index (κ1) is 13.6. The van der Waals surface area contributed by atoms with Crippen LogP contribution in [-0.2, 0) is 0 Å². The Morgan fingerprint density at radius 2 is 1.47 bits per heavy atom. The third-order valence-corrected chi connectivity index (χ3v) is 3.11. The second-order valence-electron chi connectivity index (χ2n) is 3.74. The van der Waals surface area contributed by atoms with Gasteiger partial charge in [-0.05, 0) is 37.7 Å². The Balaban J connectivity index is 2.23. The number of aromatic nitrogens is 3. The van der Waals surface area contributed by atoms with Gasteiger partial charge in [-0.3, -0.25) is 0 Å². The summed E-state index contributed by atoms with van der Waals surface area (Å²) in [6, 6.07) is 10.1. The molecule has 5 nitrogen and oxygen atoms in total. The quantitative estimate of drug-likeness (QED) is 0.845. The maximum Gasteiger partial charge on any atom is 0.228 e. The number of nitrogens with one attached hydrogen (secondary N) is 2. The minimum atomic E-state index is 0.604. The Kier molecular flexibility index (Phi) is 4.97. The van der Waals surface area contributed by atoms with Crippen LogP contribution in [-0.4, -0.2) is 28.0 Å². The number of rotatable bonds is 6. The standard InChI is InChI=1S/C13H17N5S/c1-3-14-11-16-12(15-4-2)18-13(17-11)19-10-8-6-5-7-9-10/h5-9H,3-4H2,1-2H3,(H2,14,15,16,17,18). The van der Waals surface area contributed by atoms with Gasteiger partial charge in [0.2, 0.25) is 11.9 Å². The monoisotopic (exact) mass is 275 g/mol. The van der Waals surface area contributed by atoms with Gasteiger partial charge in [0, 0.05) is 18.0 Å². The van der Waals surface area contributed by atoms with Crippen molar-refractivity contribution in [1.82, 2.24) is 15.0 Å². The van der Waals surface area contributed by atoms with Crippen LogP contribution in [0.1, 0.15) is 13.8 Å². The summed E-state index contributed by atoms with van der Waals surface area (Å²) >= 11 is 1.53. The molecule has 0 amide bonds. The molecule has 2 N–H and O–H groups in total. The zero-order chi connectivity index (χ0) is 13.5. The lowest BCUT2D eigenvalue weighted by Crippen LogP contribution is -2.09. The van der Waals surface area contributed by atoms with Gasteiger partial charge in [0.05, 0.1) is 0 Å². The molecule has 1 aromatic carbocycles. The van der Waals surface area contributed by atoms with Crippen molar-refractivity contribution in [3.05, 3.63) is 30.3 Å². The third-order valence-electron chi connectivity index (χ3n) is 2.24. The van der Waals surface area contributed by atoms with Gasteiger partial charge in [0.1, 0.15) is 0 Å². The fourth-order valence-electron chi connectivity index (χ4n) is 1.47. The average molecular weight is 275 g/mol. The van der Waals surface area contributed by atoms with Gasteiger partial charge in [0.15, 0.2) is 5.16 Å². The van der Waals surface area contributed by atoms with Crippen molar-refractivity contribution in [3.63, 3.8) is 0 Å². The van der Waals surface area contributed by atoms with Crippen molar-refractivity contribution in [1.29, 1.82) is 0 Å². The Morgan fingerprint density at radius 3 is 2.00 bits per heavy atom. The highest BCUT2D eigenvalue weighted by Gasteiger charge is 2.06. The van der Waals surface area contributed by atoms with Crippen molar-refractivity contribution in [2.75, 3.05) is 23.7 Å². The van der Waals surface area contributed by atoms with Crippen LogP contribution in [0, 0.1) is 0 Å². The molecule has 1 heterocycles. The molecule has 19 heavy (non-hydrogen) atoms. The van der Waals surface area contributed by atoms with E-state index in [2.05, 4.69) is 25.6 Å². The summed E-state index contributed by atoms with van der Waals surface area (Å²) in [6.07, 6.45) is 0. The summed E-state index contributed by atoms with van der Waals surface area (Å²) in [5.74, 6) is 1.21. The van der Waals surface area contributed by atoms with Crippen LogP contribution < -0.4 is 10.6 Å². The Labute approximate surface area is 117 Å². The maximum atomic E-state index is 4.39. The molecule has 0 aliphatic rings. The largest absolute Gasteiger partial charge is 0.354 e. The highest BCUT2D eigenvalue weighted by molar-refractivity contribution is 7.99. The highest BCUT2D eigenvalue weighted by atomic mass is 32.2. The fraction of sp³-hybridized carbons (Fsp3) is 0.308. The Hall–Kier alpha value is -1.82. The smallest absolute Gasteiger partial charge is 0.228 e. The maximum absolute atomic E-state index is 4.39. The fourth-order valence-corrected chi connectivity index (χ4v) is 2.24. The topological polar surface area (TPSA) is 62.7 Å². The van der Waals surface area contributed by atoms with E-state index >= 15 is 0 Å². The minimum Gasteiger partial charge on any atom is -0.354 e. The lowest BCUT2D eigenvalue weighted by Gasteiger charge is -2.07. The summed E-state index contributed by atoms with van der Waals surface area (Å²) in [5.41, 5.74) is 0. The van der Waals surface area contributed by atoms with Gasteiger partial charge < -0.3 is 10.6 Å². The number of nitrogens with zero attached hydrogens (tertiary/aromatic N) is 3. The van der Waals surface area contributed by atoms with E-state index < -0.39 is 0 Å². The second kappa shape index (κ2) is 6.94. The normalized spacial score (nSPS) is 10.2.